The SMILES string of the molecule is CCS(=O)(=O)NCc1ncc(C)o1. The van der Waals surface area contributed by atoms with Crippen molar-refractivity contribution >= 4 is 10.0 Å². The second-order valence-electron chi connectivity index (χ2n) is 2.59. The molecule has 0 aromatic carbocycles. The lowest BCUT2D eigenvalue weighted by atomic mass is 10.6. The summed E-state index contributed by atoms with van der Waals surface area (Å²) >= 11 is 0. The Hall–Kier alpha value is -0.880. The molecule has 1 aromatic heterocycles. The van der Waals surface area contributed by atoms with Crippen LogP contribution in [0.3, 0.4) is 0 Å². The maximum Gasteiger partial charge on any atom is 0.211 e. The Balaban J connectivity index is 2.53. The third-order valence-electron chi connectivity index (χ3n) is 1.49. The van der Waals surface area contributed by atoms with Crippen molar-refractivity contribution in [3.05, 3.63) is 17.8 Å². The topological polar surface area (TPSA) is 72.2 Å². The molecule has 1 rings (SSSR count). The van der Waals surface area contributed by atoms with Gasteiger partial charge in [-0.05, 0) is 13.8 Å². The van der Waals surface area contributed by atoms with Crippen LogP contribution in [-0.4, -0.2) is 19.2 Å². The number of hydrogen-bond donors (Lipinski definition) is 1. The van der Waals surface area contributed by atoms with E-state index in [2.05, 4.69) is 9.71 Å². The molecule has 13 heavy (non-hydrogen) atoms. The first-order valence-corrected chi connectivity index (χ1v) is 5.57. The lowest BCUT2D eigenvalue weighted by molar-refractivity contribution is 0.463. The fourth-order valence-electron chi connectivity index (χ4n) is 0.757. The van der Waals surface area contributed by atoms with Crippen LogP contribution in [0.15, 0.2) is 10.6 Å². The van der Waals surface area contributed by atoms with Crippen molar-refractivity contribution in [2.45, 2.75) is 20.4 Å². The third-order valence-corrected chi connectivity index (χ3v) is 2.84. The predicted molar refractivity (Wildman–Crippen MR) is 47.5 cm³/mol. The summed E-state index contributed by atoms with van der Waals surface area (Å²) in [4.78, 5) is 3.86. The molecular formula is C7H12N2O3S. The second-order valence-corrected chi connectivity index (χ2v) is 4.68. The molecule has 0 saturated carbocycles. The van der Waals surface area contributed by atoms with Gasteiger partial charge in [0, 0.05) is 0 Å². The number of aryl methyl sites for hydroxylation is 1. The van der Waals surface area contributed by atoms with Gasteiger partial charge in [-0.3, -0.25) is 0 Å². The molecule has 1 aromatic rings. The minimum absolute atomic E-state index is 0.0622. The number of rotatable bonds is 4. The molecule has 1 heterocycles. The van der Waals surface area contributed by atoms with Gasteiger partial charge in [0.15, 0.2) is 0 Å². The van der Waals surface area contributed by atoms with Crippen molar-refractivity contribution in [2.24, 2.45) is 0 Å². The molecule has 0 aliphatic carbocycles. The zero-order chi connectivity index (χ0) is 9.90. The van der Waals surface area contributed by atoms with Crippen LogP contribution in [-0.2, 0) is 16.6 Å². The minimum Gasteiger partial charge on any atom is -0.445 e. The number of nitrogens with zero attached hydrogens (tertiary/aromatic N) is 1. The quantitative estimate of drug-likeness (QED) is 0.771. The highest BCUT2D eigenvalue weighted by atomic mass is 32.2. The highest BCUT2D eigenvalue weighted by Gasteiger charge is 2.08. The molecule has 0 amide bonds. The normalized spacial score (nSPS) is 11.8. The fourth-order valence-corrected chi connectivity index (χ4v) is 1.30. The third kappa shape index (κ3) is 3.16. The summed E-state index contributed by atoms with van der Waals surface area (Å²) in [6.45, 7) is 3.44. The molecule has 0 aliphatic rings. The van der Waals surface area contributed by atoms with Crippen molar-refractivity contribution < 1.29 is 12.8 Å². The van der Waals surface area contributed by atoms with Crippen molar-refractivity contribution in [2.75, 3.05) is 5.75 Å². The van der Waals surface area contributed by atoms with Gasteiger partial charge in [-0.25, -0.2) is 18.1 Å². The van der Waals surface area contributed by atoms with E-state index in [-0.39, 0.29) is 12.3 Å². The van der Waals surface area contributed by atoms with E-state index in [1.165, 1.54) is 0 Å². The molecular weight excluding hydrogens is 192 g/mol. The van der Waals surface area contributed by atoms with Gasteiger partial charge in [0.25, 0.3) is 0 Å². The number of sulfonamides is 1. The molecule has 1 N–H and O–H groups in total. The molecule has 0 aliphatic heterocycles. The predicted octanol–water partition coefficient (Wildman–Crippen LogP) is 0.422. The first-order chi connectivity index (χ1) is 6.03. The van der Waals surface area contributed by atoms with Crippen LogP contribution in [0.5, 0.6) is 0 Å². The van der Waals surface area contributed by atoms with Gasteiger partial charge in [0.1, 0.15) is 5.76 Å². The Bertz CT molecular complexity index is 369. The Labute approximate surface area is 77.2 Å². The number of oxazole rings is 1. The van der Waals surface area contributed by atoms with Gasteiger partial charge in [-0.15, -0.1) is 0 Å². The molecule has 0 fully saturated rings. The highest BCUT2D eigenvalue weighted by Crippen LogP contribution is 2.01. The van der Waals surface area contributed by atoms with Gasteiger partial charge < -0.3 is 4.42 Å². The summed E-state index contributed by atoms with van der Waals surface area (Å²) in [7, 11) is -3.16. The standard InChI is InChI=1S/C7H12N2O3S/c1-3-13(10,11)9-5-7-8-4-6(2)12-7/h4,9H,3,5H2,1-2H3. The first kappa shape index (κ1) is 10.2. The summed E-state index contributed by atoms with van der Waals surface area (Å²) in [5.41, 5.74) is 0. The maximum atomic E-state index is 11.0. The van der Waals surface area contributed by atoms with Crippen LogP contribution in [0.4, 0.5) is 0 Å². The van der Waals surface area contributed by atoms with E-state index in [0.717, 1.165) is 0 Å². The molecule has 6 heteroatoms. The molecule has 74 valence electrons. The molecule has 0 saturated heterocycles. The second kappa shape index (κ2) is 3.89. The Morgan fingerprint density at radius 2 is 2.31 bits per heavy atom. The summed E-state index contributed by atoms with van der Waals surface area (Å²) in [5, 5.41) is 0. The van der Waals surface area contributed by atoms with E-state index < -0.39 is 10.0 Å². The average Bonchev–Trinajstić information content (AvgIpc) is 2.48. The van der Waals surface area contributed by atoms with E-state index in [1.807, 2.05) is 0 Å². The summed E-state index contributed by atoms with van der Waals surface area (Å²) in [6.07, 6.45) is 1.55. The Kier molecular flexibility index (Phi) is 3.05. The van der Waals surface area contributed by atoms with Crippen LogP contribution in [0.25, 0.3) is 0 Å². The number of aromatic nitrogens is 1. The Morgan fingerprint density at radius 3 is 2.77 bits per heavy atom. The summed E-state index contributed by atoms with van der Waals surface area (Å²) in [5.74, 6) is 1.12. The Morgan fingerprint density at radius 1 is 1.62 bits per heavy atom. The molecule has 0 spiro atoms. The van der Waals surface area contributed by atoms with Crippen LogP contribution < -0.4 is 4.72 Å². The van der Waals surface area contributed by atoms with E-state index >= 15 is 0 Å². The zero-order valence-corrected chi connectivity index (χ0v) is 8.39. The lowest BCUT2D eigenvalue weighted by Gasteiger charge is -1.99. The van der Waals surface area contributed by atoms with E-state index in [0.29, 0.717) is 11.7 Å². The van der Waals surface area contributed by atoms with Crippen LogP contribution in [0.1, 0.15) is 18.6 Å². The summed E-state index contributed by atoms with van der Waals surface area (Å²) in [6, 6.07) is 0. The number of hydrogen-bond acceptors (Lipinski definition) is 4. The average molecular weight is 204 g/mol. The van der Waals surface area contributed by atoms with Gasteiger partial charge in [-0.2, -0.15) is 0 Å². The van der Waals surface area contributed by atoms with Gasteiger partial charge >= 0.3 is 0 Å². The fraction of sp³-hybridized carbons (Fsp3) is 0.571. The monoisotopic (exact) mass is 204 g/mol. The van der Waals surface area contributed by atoms with Crippen LogP contribution in [0, 0.1) is 6.92 Å². The summed E-state index contributed by atoms with van der Waals surface area (Å²) < 4.78 is 29.4. The van der Waals surface area contributed by atoms with E-state index in [4.69, 9.17) is 4.42 Å². The van der Waals surface area contributed by atoms with Crippen molar-refractivity contribution in [1.29, 1.82) is 0 Å². The van der Waals surface area contributed by atoms with Gasteiger partial charge in [0.2, 0.25) is 15.9 Å². The van der Waals surface area contributed by atoms with Crippen molar-refractivity contribution in [3.8, 4) is 0 Å². The number of nitrogens with one attached hydrogen (secondary N) is 1. The first-order valence-electron chi connectivity index (χ1n) is 3.92. The van der Waals surface area contributed by atoms with E-state index in [9.17, 15) is 8.42 Å². The minimum atomic E-state index is -3.16. The molecule has 5 nitrogen and oxygen atoms in total. The van der Waals surface area contributed by atoms with Crippen molar-refractivity contribution in [1.82, 2.24) is 9.71 Å². The molecule has 0 unspecified atom stereocenters. The molecule has 0 atom stereocenters. The lowest BCUT2D eigenvalue weighted by Crippen LogP contribution is -2.24. The molecule has 0 radical (unpaired) electrons. The largest absolute Gasteiger partial charge is 0.445 e. The molecule has 0 bridgehead atoms. The zero-order valence-electron chi connectivity index (χ0n) is 7.57. The van der Waals surface area contributed by atoms with E-state index in [1.54, 1.807) is 20.0 Å². The van der Waals surface area contributed by atoms with Crippen LogP contribution in [0.2, 0.25) is 0 Å². The van der Waals surface area contributed by atoms with Gasteiger partial charge in [-0.1, -0.05) is 0 Å². The maximum absolute atomic E-state index is 11.0. The van der Waals surface area contributed by atoms with Crippen LogP contribution >= 0.6 is 0 Å². The van der Waals surface area contributed by atoms with Crippen molar-refractivity contribution in [3.63, 3.8) is 0 Å². The smallest absolute Gasteiger partial charge is 0.211 e. The highest BCUT2D eigenvalue weighted by molar-refractivity contribution is 7.89. The van der Waals surface area contributed by atoms with Gasteiger partial charge in [0.05, 0.1) is 18.5 Å².